The van der Waals surface area contributed by atoms with Crippen molar-refractivity contribution in [2.45, 2.75) is 77.2 Å². The molecular weight excluding hydrogens is 230 g/mol. The van der Waals surface area contributed by atoms with Crippen molar-refractivity contribution in [1.82, 2.24) is 5.32 Å². The molecular formula is C18H27N. The second kappa shape index (κ2) is 5.98. The van der Waals surface area contributed by atoms with Crippen LogP contribution in [0.5, 0.6) is 0 Å². The number of hydrogen-bond donors (Lipinski definition) is 1. The van der Waals surface area contributed by atoms with Gasteiger partial charge in [-0.05, 0) is 61.7 Å². The summed E-state index contributed by atoms with van der Waals surface area (Å²) in [6, 6.07) is 0.642. The number of hydrogen-bond acceptors (Lipinski definition) is 1. The van der Waals surface area contributed by atoms with E-state index in [0.717, 1.165) is 0 Å². The minimum atomic E-state index is 0.642. The first kappa shape index (κ1) is 13.0. The quantitative estimate of drug-likeness (QED) is 0.698. The van der Waals surface area contributed by atoms with E-state index in [1.54, 1.807) is 22.4 Å². The van der Waals surface area contributed by atoms with Gasteiger partial charge in [0, 0.05) is 11.7 Å². The van der Waals surface area contributed by atoms with E-state index >= 15 is 0 Å². The molecule has 1 nitrogen and oxygen atoms in total. The van der Waals surface area contributed by atoms with E-state index in [1.807, 2.05) is 0 Å². The molecule has 1 atom stereocenters. The van der Waals surface area contributed by atoms with Crippen molar-refractivity contribution >= 4 is 0 Å². The van der Waals surface area contributed by atoms with Crippen molar-refractivity contribution in [3.8, 4) is 0 Å². The van der Waals surface area contributed by atoms with Crippen LogP contribution in [0, 0.1) is 0 Å². The summed E-state index contributed by atoms with van der Waals surface area (Å²) in [6.45, 7) is 2.30. The summed E-state index contributed by atoms with van der Waals surface area (Å²) in [5.74, 6) is 0. The first-order valence-corrected chi connectivity index (χ1v) is 8.28. The fraction of sp³-hybridized carbons (Fsp3) is 0.667. The van der Waals surface area contributed by atoms with Gasteiger partial charge in [-0.15, -0.1) is 0 Å². The maximum Gasteiger partial charge on any atom is 0.0479 e. The maximum absolute atomic E-state index is 3.90. The summed E-state index contributed by atoms with van der Waals surface area (Å²) in [4.78, 5) is 0. The van der Waals surface area contributed by atoms with Crippen molar-refractivity contribution in [3.63, 3.8) is 0 Å². The molecule has 0 aromatic rings. The van der Waals surface area contributed by atoms with Gasteiger partial charge in [0.2, 0.25) is 0 Å². The Morgan fingerprint density at radius 3 is 2.95 bits per heavy atom. The molecule has 0 saturated carbocycles. The number of nitrogens with one attached hydrogen (secondary N) is 1. The summed E-state index contributed by atoms with van der Waals surface area (Å²) in [7, 11) is 0. The van der Waals surface area contributed by atoms with Crippen molar-refractivity contribution in [1.29, 1.82) is 0 Å². The monoisotopic (exact) mass is 257 g/mol. The third-order valence-electron chi connectivity index (χ3n) is 4.87. The Hall–Kier alpha value is -0.980. The molecule has 0 aromatic heterocycles. The molecule has 1 heteroatoms. The lowest BCUT2D eigenvalue weighted by atomic mass is 9.78. The summed E-state index contributed by atoms with van der Waals surface area (Å²) >= 11 is 0. The lowest BCUT2D eigenvalue weighted by Gasteiger charge is -2.37. The minimum absolute atomic E-state index is 0.642. The predicted octanol–water partition coefficient (Wildman–Crippen LogP) is 5.01. The minimum Gasteiger partial charge on any atom is -0.382 e. The average Bonchev–Trinajstić information content (AvgIpc) is 2.47. The highest BCUT2D eigenvalue weighted by molar-refractivity contribution is 5.52. The van der Waals surface area contributed by atoms with Crippen LogP contribution in [-0.4, -0.2) is 6.04 Å². The SMILES string of the molecule is CCCCCC1NC2=C(CCCC2)C2=C1CCC=C2. The van der Waals surface area contributed by atoms with Crippen LogP contribution in [-0.2, 0) is 0 Å². The van der Waals surface area contributed by atoms with Crippen LogP contribution < -0.4 is 5.32 Å². The smallest absolute Gasteiger partial charge is 0.0479 e. The molecule has 0 saturated heterocycles. The van der Waals surface area contributed by atoms with Crippen molar-refractivity contribution in [3.05, 3.63) is 34.6 Å². The fourth-order valence-corrected chi connectivity index (χ4v) is 3.84. The number of dihydropyridines is 1. The van der Waals surface area contributed by atoms with Gasteiger partial charge < -0.3 is 5.32 Å². The summed E-state index contributed by atoms with van der Waals surface area (Å²) in [5, 5.41) is 3.90. The van der Waals surface area contributed by atoms with E-state index in [4.69, 9.17) is 0 Å². The van der Waals surface area contributed by atoms with Crippen LogP contribution in [0.15, 0.2) is 34.6 Å². The zero-order valence-corrected chi connectivity index (χ0v) is 12.3. The van der Waals surface area contributed by atoms with Gasteiger partial charge in [0.05, 0.1) is 0 Å². The normalized spacial score (nSPS) is 26.1. The van der Waals surface area contributed by atoms with Crippen LogP contribution in [0.1, 0.15) is 71.1 Å². The second-order valence-electron chi connectivity index (χ2n) is 6.24. The Labute approximate surface area is 117 Å². The van der Waals surface area contributed by atoms with Crippen LogP contribution in [0.25, 0.3) is 0 Å². The Bertz CT molecular complexity index is 425. The highest BCUT2D eigenvalue weighted by Crippen LogP contribution is 2.39. The summed E-state index contributed by atoms with van der Waals surface area (Å²) in [6.07, 6.45) is 18.1. The van der Waals surface area contributed by atoms with Gasteiger partial charge in [-0.25, -0.2) is 0 Å². The Kier molecular flexibility index (Phi) is 4.10. The number of unbranched alkanes of at least 4 members (excludes halogenated alkanes) is 2. The molecule has 0 aromatic carbocycles. The van der Waals surface area contributed by atoms with Gasteiger partial charge >= 0.3 is 0 Å². The zero-order chi connectivity index (χ0) is 13.1. The fourth-order valence-electron chi connectivity index (χ4n) is 3.84. The van der Waals surface area contributed by atoms with Gasteiger partial charge in [-0.1, -0.05) is 38.3 Å². The number of fused-ring (bicyclic) bond motifs is 1. The van der Waals surface area contributed by atoms with E-state index in [9.17, 15) is 0 Å². The molecule has 1 heterocycles. The first-order chi connectivity index (χ1) is 9.40. The van der Waals surface area contributed by atoms with Crippen LogP contribution in [0.4, 0.5) is 0 Å². The third kappa shape index (κ3) is 2.66. The molecule has 2 aliphatic carbocycles. The summed E-state index contributed by atoms with van der Waals surface area (Å²) < 4.78 is 0. The van der Waals surface area contributed by atoms with Crippen LogP contribution >= 0.6 is 0 Å². The van der Waals surface area contributed by atoms with E-state index in [1.165, 1.54) is 64.2 Å². The molecule has 0 fully saturated rings. The van der Waals surface area contributed by atoms with Gasteiger partial charge in [0.1, 0.15) is 0 Å². The molecule has 1 unspecified atom stereocenters. The lowest BCUT2D eigenvalue weighted by Crippen LogP contribution is -2.37. The molecule has 0 spiro atoms. The molecule has 1 N–H and O–H groups in total. The molecule has 3 aliphatic rings. The largest absolute Gasteiger partial charge is 0.382 e. The van der Waals surface area contributed by atoms with E-state index in [0.29, 0.717) is 6.04 Å². The Balaban J connectivity index is 1.82. The maximum atomic E-state index is 3.90. The lowest BCUT2D eigenvalue weighted by molar-refractivity contribution is 0.489. The standard InChI is InChI=1S/C18H27N/c1-2-3-4-12-17-15-10-6-5-9-14(15)16-11-7-8-13-18(16)19-17/h5,9,17,19H,2-4,6-8,10-13H2,1H3. The number of allylic oxidation sites excluding steroid dienone is 5. The molecule has 0 radical (unpaired) electrons. The first-order valence-electron chi connectivity index (χ1n) is 8.28. The van der Waals surface area contributed by atoms with E-state index in [-0.39, 0.29) is 0 Å². The Morgan fingerprint density at radius 2 is 2.05 bits per heavy atom. The molecule has 0 amide bonds. The van der Waals surface area contributed by atoms with Gasteiger partial charge in [-0.2, -0.15) is 0 Å². The molecule has 0 bridgehead atoms. The van der Waals surface area contributed by atoms with Crippen molar-refractivity contribution < 1.29 is 0 Å². The topological polar surface area (TPSA) is 12.0 Å². The van der Waals surface area contributed by atoms with E-state index in [2.05, 4.69) is 24.4 Å². The number of rotatable bonds is 4. The molecule has 19 heavy (non-hydrogen) atoms. The van der Waals surface area contributed by atoms with Crippen LogP contribution in [0.3, 0.4) is 0 Å². The Morgan fingerprint density at radius 1 is 1.16 bits per heavy atom. The highest BCUT2D eigenvalue weighted by Gasteiger charge is 2.28. The predicted molar refractivity (Wildman–Crippen MR) is 82.0 cm³/mol. The summed E-state index contributed by atoms with van der Waals surface area (Å²) in [5.41, 5.74) is 6.59. The third-order valence-corrected chi connectivity index (χ3v) is 4.87. The molecule has 3 rings (SSSR count). The molecule has 1 aliphatic heterocycles. The van der Waals surface area contributed by atoms with Crippen LogP contribution in [0.2, 0.25) is 0 Å². The van der Waals surface area contributed by atoms with Gasteiger partial charge in [0.15, 0.2) is 0 Å². The van der Waals surface area contributed by atoms with Crippen molar-refractivity contribution in [2.75, 3.05) is 0 Å². The highest BCUT2D eigenvalue weighted by atomic mass is 14.9. The zero-order valence-electron chi connectivity index (χ0n) is 12.3. The second-order valence-corrected chi connectivity index (χ2v) is 6.24. The molecule has 104 valence electrons. The van der Waals surface area contributed by atoms with Crippen molar-refractivity contribution in [2.24, 2.45) is 0 Å². The van der Waals surface area contributed by atoms with E-state index < -0.39 is 0 Å². The van der Waals surface area contributed by atoms with Gasteiger partial charge in [0.25, 0.3) is 0 Å². The van der Waals surface area contributed by atoms with Gasteiger partial charge in [-0.3, -0.25) is 0 Å². The average molecular weight is 257 g/mol.